The summed E-state index contributed by atoms with van der Waals surface area (Å²) in [5.41, 5.74) is -0.0218. The molecule has 1 aromatic carbocycles. The first-order valence-corrected chi connectivity index (χ1v) is 4.68. The minimum absolute atomic E-state index is 0.00630. The van der Waals surface area contributed by atoms with Crippen molar-refractivity contribution in [1.82, 2.24) is 0 Å². The highest BCUT2D eigenvalue weighted by Gasteiger charge is 2.35. The van der Waals surface area contributed by atoms with Crippen LogP contribution in [0.15, 0.2) is 6.07 Å². The molecular formula is C11H8O6. The van der Waals surface area contributed by atoms with E-state index in [1.807, 2.05) is 0 Å². The zero-order valence-corrected chi connectivity index (χ0v) is 9.07. The Labute approximate surface area is 95.8 Å². The van der Waals surface area contributed by atoms with Gasteiger partial charge >= 0.3 is 17.9 Å². The lowest BCUT2D eigenvalue weighted by molar-refractivity contribution is 0.0443. The van der Waals surface area contributed by atoms with Crippen LogP contribution >= 0.6 is 0 Å². The average molecular weight is 236 g/mol. The Morgan fingerprint density at radius 1 is 1.35 bits per heavy atom. The molecule has 0 aromatic heterocycles. The van der Waals surface area contributed by atoms with E-state index in [1.165, 1.54) is 6.92 Å². The van der Waals surface area contributed by atoms with E-state index in [0.717, 1.165) is 13.2 Å². The molecule has 0 spiro atoms. The van der Waals surface area contributed by atoms with E-state index in [9.17, 15) is 19.5 Å². The van der Waals surface area contributed by atoms with Crippen LogP contribution in [0.1, 0.15) is 36.6 Å². The molecule has 0 amide bonds. The van der Waals surface area contributed by atoms with Crippen LogP contribution in [0.3, 0.4) is 0 Å². The second-order valence-corrected chi connectivity index (χ2v) is 3.49. The van der Waals surface area contributed by atoms with Crippen molar-refractivity contribution in [2.45, 2.75) is 6.92 Å². The number of carbonyl (C=O) groups excluding carboxylic acids is 3. The summed E-state index contributed by atoms with van der Waals surface area (Å²) in [6, 6.07) is 1.03. The van der Waals surface area contributed by atoms with Crippen LogP contribution < -0.4 is 0 Å². The van der Waals surface area contributed by atoms with Crippen molar-refractivity contribution in [3.63, 3.8) is 0 Å². The van der Waals surface area contributed by atoms with E-state index in [0.29, 0.717) is 0 Å². The topological polar surface area (TPSA) is 89.9 Å². The van der Waals surface area contributed by atoms with Gasteiger partial charge in [-0.15, -0.1) is 0 Å². The van der Waals surface area contributed by atoms with E-state index < -0.39 is 23.7 Å². The van der Waals surface area contributed by atoms with Gasteiger partial charge in [0.15, 0.2) is 0 Å². The van der Waals surface area contributed by atoms with Gasteiger partial charge in [-0.3, -0.25) is 0 Å². The summed E-state index contributed by atoms with van der Waals surface area (Å²) in [6.45, 7) is 1.44. The first-order valence-electron chi connectivity index (χ1n) is 4.68. The average Bonchev–Trinajstić information content (AvgIpc) is 2.54. The molecule has 1 aliphatic heterocycles. The molecule has 1 aliphatic rings. The standard InChI is InChI=1S/C11H8O6/c1-4-7-5(9(13)17-11(7)15)3-6(12)8(4)10(14)16-2/h3,12H,1-2H3. The van der Waals surface area contributed by atoms with E-state index in [2.05, 4.69) is 9.47 Å². The Kier molecular flexibility index (Phi) is 2.35. The monoisotopic (exact) mass is 236 g/mol. The van der Waals surface area contributed by atoms with E-state index in [1.54, 1.807) is 0 Å². The Hall–Kier alpha value is -2.37. The number of esters is 3. The molecule has 0 bridgehead atoms. The van der Waals surface area contributed by atoms with Crippen molar-refractivity contribution >= 4 is 17.9 Å². The third-order valence-corrected chi connectivity index (χ3v) is 2.56. The lowest BCUT2D eigenvalue weighted by Crippen LogP contribution is -2.08. The lowest BCUT2D eigenvalue weighted by atomic mass is 9.97. The van der Waals surface area contributed by atoms with Crippen LogP contribution in [0, 0.1) is 6.92 Å². The first kappa shape index (κ1) is 11.1. The summed E-state index contributed by atoms with van der Waals surface area (Å²) in [5.74, 6) is -2.86. The Morgan fingerprint density at radius 3 is 2.59 bits per heavy atom. The highest BCUT2D eigenvalue weighted by molar-refractivity contribution is 6.17. The number of methoxy groups -OCH3 is 1. The van der Waals surface area contributed by atoms with Gasteiger partial charge in [0, 0.05) is 0 Å². The third kappa shape index (κ3) is 1.45. The lowest BCUT2D eigenvalue weighted by Gasteiger charge is -2.08. The number of aromatic hydroxyl groups is 1. The summed E-state index contributed by atoms with van der Waals surface area (Å²) in [5, 5.41) is 9.64. The molecule has 6 nitrogen and oxygen atoms in total. The normalized spacial score (nSPS) is 13.3. The molecule has 0 atom stereocenters. The molecule has 1 aromatic rings. The fourth-order valence-electron chi connectivity index (χ4n) is 1.77. The quantitative estimate of drug-likeness (QED) is 0.572. The number of carbonyl (C=O) groups is 3. The zero-order chi connectivity index (χ0) is 12.7. The number of phenolic OH excluding ortho intramolecular Hbond substituents is 1. The third-order valence-electron chi connectivity index (χ3n) is 2.56. The van der Waals surface area contributed by atoms with Gasteiger partial charge in [-0.05, 0) is 18.6 Å². The Balaban J connectivity index is 2.76. The highest BCUT2D eigenvalue weighted by atomic mass is 16.6. The largest absolute Gasteiger partial charge is 0.507 e. The number of ether oxygens (including phenoxy) is 2. The van der Waals surface area contributed by atoms with Gasteiger partial charge < -0.3 is 14.6 Å². The zero-order valence-electron chi connectivity index (χ0n) is 9.07. The maximum atomic E-state index is 11.4. The van der Waals surface area contributed by atoms with Gasteiger partial charge in [0.05, 0.1) is 18.2 Å². The molecule has 88 valence electrons. The van der Waals surface area contributed by atoms with Gasteiger partial charge in [-0.25, -0.2) is 14.4 Å². The molecule has 0 saturated heterocycles. The number of hydrogen-bond donors (Lipinski definition) is 1. The van der Waals surface area contributed by atoms with Gasteiger partial charge in [0.25, 0.3) is 0 Å². The Morgan fingerprint density at radius 2 is 2.00 bits per heavy atom. The first-order chi connectivity index (χ1) is 7.97. The van der Waals surface area contributed by atoms with Gasteiger partial charge in [-0.2, -0.15) is 0 Å². The second kappa shape index (κ2) is 3.58. The molecule has 6 heteroatoms. The molecule has 0 unspecified atom stereocenters. The molecule has 0 saturated carbocycles. The molecule has 0 aliphatic carbocycles. The Bertz CT molecular complexity index is 558. The minimum Gasteiger partial charge on any atom is -0.507 e. The van der Waals surface area contributed by atoms with Crippen LogP contribution in [0.4, 0.5) is 0 Å². The number of cyclic esters (lactones) is 2. The van der Waals surface area contributed by atoms with Crippen molar-refractivity contribution in [1.29, 1.82) is 0 Å². The molecule has 0 radical (unpaired) electrons. The van der Waals surface area contributed by atoms with Crippen molar-refractivity contribution in [2.24, 2.45) is 0 Å². The summed E-state index contributed by atoms with van der Waals surface area (Å²) in [6.07, 6.45) is 0. The van der Waals surface area contributed by atoms with Crippen LogP contribution in [-0.2, 0) is 9.47 Å². The van der Waals surface area contributed by atoms with Gasteiger partial charge in [0.2, 0.25) is 0 Å². The number of phenols is 1. The fourth-order valence-corrected chi connectivity index (χ4v) is 1.77. The molecule has 1 heterocycles. The summed E-state index contributed by atoms with van der Waals surface area (Å²) in [7, 11) is 1.15. The van der Waals surface area contributed by atoms with Gasteiger partial charge in [0.1, 0.15) is 11.3 Å². The predicted molar refractivity (Wildman–Crippen MR) is 53.9 cm³/mol. The summed E-state index contributed by atoms with van der Waals surface area (Å²) < 4.78 is 8.88. The van der Waals surface area contributed by atoms with Crippen molar-refractivity contribution in [3.05, 3.63) is 28.3 Å². The molecule has 17 heavy (non-hydrogen) atoms. The number of benzene rings is 1. The van der Waals surface area contributed by atoms with Crippen molar-refractivity contribution < 1.29 is 29.0 Å². The summed E-state index contributed by atoms with van der Waals surface area (Å²) in [4.78, 5) is 34.1. The fraction of sp³-hybridized carbons (Fsp3) is 0.182. The van der Waals surface area contributed by atoms with Gasteiger partial charge in [-0.1, -0.05) is 0 Å². The summed E-state index contributed by atoms with van der Waals surface area (Å²) >= 11 is 0. The van der Waals surface area contributed by atoms with Crippen molar-refractivity contribution in [2.75, 3.05) is 7.11 Å². The number of fused-ring (bicyclic) bond motifs is 1. The van der Waals surface area contributed by atoms with Crippen LogP contribution in [-0.4, -0.2) is 30.1 Å². The molecule has 2 rings (SSSR count). The minimum atomic E-state index is -0.834. The second-order valence-electron chi connectivity index (χ2n) is 3.49. The van der Waals surface area contributed by atoms with Crippen LogP contribution in [0.5, 0.6) is 5.75 Å². The maximum absolute atomic E-state index is 11.4. The van der Waals surface area contributed by atoms with Crippen molar-refractivity contribution in [3.8, 4) is 5.75 Å². The van der Waals surface area contributed by atoms with Crippen LogP contribution in [0.25, 0.3) is 0 Å². The SMILES string of the molecule is COC(=O)c1c(O)cc2c(c1C)C(=O)OC2=O. The molecular weight excluding hydrogens is 228 g/mol. The van der Waals surface area contributed by atoms with E-state index >= 15 is 0 Å². The van der Waals surface area contributed by atoms with E-state index in [-0.39, 0.29) is 22.3 Å². The molecule has 1 N–H and O–H groups in total. The van der Waals surface area contributed by atoms with Crippen LogP contribution in [0.2, 0.25) is 0 Å². The number of hydrogen-bond acceptors (Lipinski definition) is 6. The number of rotatable bonds is 1. The predicted octanol–water partition coefficient (Wildman–Crippen LogP) is 0.798. The smallest absolute Gasteiger partial charge is 0.347 e. The molecule has 0 fully saturated rings. The van der Waals surface area contributed by atoms with E-state index in [4.69, 9.17) is 0 Å². The maximum Gasteiger partial charge on any atom is 0.347 e. The highest BCUT2D eigenvalue weighted by Crippen LogP contribution is 2.32.